The smallest absolute Gasteiger partial charge is 0.238 e. The molecule has 0 amide bonds. The molecule has 2 aromatic rings. The van der Waals surface area contributed by atoms with Crippen LogP contribution in [0.1, 0.15) is 5.56 Å². The maximum Gasteiger partial charge on any atom is 0.238 e. The third kappa shape index (κ3) is 3.86. The molecule has 0 aliphatic heterocycles. The first-order chi connectivity index (χ1) is 9.90. The lowest BCUT2D eigenvalue weighted by atomic mass is 10.2. The highest BCUT2D eigenvalue weighted by Crippen LogP contribution is 2.15. The number of nitrogens with two attached hydrogens (primary N) is 1. The average Bonchev–Trinajstić information content (AvgIpc) is 2.45. The molecule has 0 aliphatic rings. The summed E-state index contributed by atoms with van der Waals surface area (Å²) in [6.07, 6.45) is 2.89. The molecule has 7 nitrogen and oxygen atoms in total. The Kier molecular flexibility index (Phi) is 4.34. The van der Waals surface area contributed by atoms with Crippen molar-refractivity contribution in [2.75, 3.05) is 12.4 Å². The summed E-state index contributed by atoms with van der Waals surface area (Å²) < 4.78 is 40.9. The molecule has 0 atom stereocenters. The number of benzene rings is 1. The van der Waals surface area contributed by atoms with Gasteiger partial charge in [-0.05, 0) is 12.1 Å². The summed E-state index contributed by atoms with van der Waals surface area (Å²) in [6.45, 7) is 0.110. The molecule has 2 rings (SSSR count). The number of nitrogens with zero attached hydrogens (tertiary/aromatic N) is 2. The van der Waals surface area contributed by atoms with E-state index in [2.05, 4.69) is 15.3 Å². The quantitative estimate of drug-likeness (QED) is 0.849. The van der Waals surface area contributed by atoms with Crippen LogP contribution >= 0.6 is 0 Å². The van der Waals surface area contributed by atoms with Crippen LogP contribution in [0.2, 0.25) is 0 Å². The second-order valence-corrected chi connectivity index (χ2v) is 5.66. The van der Waals surface area contributed by atoms with E-state index in [-0.39, 0.29) is 17.0 Å². The lowest BCUT2D eigenvalue weighted by Crippen LogP contribution is -2.13. The van der Waals surface area contributed by atoms with Crippen LogP contribution < -0.4 is 15.2 Å². The van der Waals surface area contributed by atoms with E-state index in [0.29, 0.717) is 11.7 Å². The van der Waals surface area contributed by atoms with Crippen molar-refractivity contribution in [3.05, 3.63) is 42.0 Å². The molecular formula is C12H13FN4O3S. The number of ether oxygens (including phenoxy) is 1. The lowest BCUT2D eigenvalue weighted by Gasteiger charge is -2.08. The molecule has 0 spiro atoms. The number of sulfonamides is 1. The minimum Gasteiger partial charge on any atom is -0.480 e. The molecular weight excluding hydrogens is 299 g/mol. The van der Waals surface area contributed by atoms with Crippen molar-refractivity contribution in [3.8, 4) is 5.88 Å². The number of halogens is 1. The Bertz CT molecular complexity index is 752. The van der Waals surface area contributed by atoms with Gasteiger partial charge in [-0.15, -0.1) is 0 Å². The number of hydrogen-bond donors (Lipinski definition) is 2. The van der Waals surface area contributed by atoms with E-state index in [4.69, 9.17) is 9.88 Å². The molecule has 0 aliphatic carbocycles. The van der Waals surface area contributed by atoms with Crippen molar-refractivity contribution >= 4 is 15.8 Å². The van der Waals surface area contributed by atoms with Crippen LogP contribution in [0, 0.1) is 5.82 Å². The Labute approximate surface area is 121 Å². The van der Waals surface area contributed by atoms with Crippen molar-refractivity contribution in [3.63, 3.8) is 0 Å². The molecule has 0 saturated heterocycles. The zero-order chi connectivity index (χ0) is 15.5. The predicted molar refractivity (Wildman–Crippen MR) is 73.7 cm³/mol. The van der Waals surface area contributed by atoms with Gasteiger partial charge < -0.3 is 10.1 Å². The lowest BCUT2D eigenvalue weighted by molar-refractivity contribution is 0.396. The van der Waals surface area contributed by atoms with Crippen molar-refractivity contribution < 1.29 is 17.5 Å². The highest BCUT2D eigenvalue weighted by atomic mass is 32.2. The second-order valence-electron chi connectivity index (χ2n) is 4.10. The molecule has 0 radical (unpaired) electrons. The Morgan fingerprint density at radius 2 is 2.14 bits per heavy atom. The maximum atomic E-state index is 13.8. The van der Waals surface area contributed by atoms with Crippen LogP contribution in [0.5, 0.6) is 5.88 Å². The number of hydrogen-bond acceptors (Lipinski definition) is 6. The van der Waals surface area contributed by atoms with E-state index in [9.17, 15) is 12.8 Å². The maximum absolute atomic E-state index is 13.8. The topological polar surface area (TPSA) is 107 Å². The van der Waals surface area contributed by atoms with Crippen LogP contribution in [0.3, 0.4) is 0 Å². The van der Waals surface area contributed by atoms with Crippen LogP contribution in [-0.2, 0) is 16.6 Å². The predicted octanol–water partition coefficient (Wildman–Crippen LogP) is 0.884. The van der Waals surface area contributed by atoms with Gasteiger partial charge in [0.15, 0.2) is 0 Å². The first-order valence-electron chi connectivity index (χ1n) is 5.81. The summed E-state index contributed by atoms with van der Waals surface area (Å²) in [4.78, 5) is 7.68. The van der Waals surface area contributed by atoms with E-state index in [0.717, 1.165) is 6.07 Å². The molecule has 0 saturated carbocycles. The zero-order valence-electron chi connectivity index (χ0n) is 11.1. The summed E-state index contributed by atoms with van der Waals surface area (Å²) in [5.74, 6) is 0.0548. The standard InChI is InChI=1S/C12H13FN4O3S/c1-20-12-7-15-6-11(17-12)16-5-8-2-3-9(4-10(8)13)21(14,18)19/h2-4,6-7H,5H2,1H3,(H,16,17)(H2,14,18,19). The summed E-state index contributed by atoms with van der Waals surface area (Å²) >= 11 is 0. The molecule has 0 bridgehead atoms. The highest BCUT2D eigenvalue weighted by molar-refractivity contribution is 7.89. The fraction of sp³-hybridized carbons (Fsp3) is 0.167. The van der Waals surface area contributed by atoms with E-state index < -0.39 is 15.8 Å². The zero-order valence-corrected chi connectivity index (χ0v) is 11.9. The number of primary sulfonamides is 1. The normalized spacial score (nSPS) is 11.2. The highest BCUT2D eigenvalue weighted by Gasteiger charge is 2.11. The van der Waals surface area contributed by atoms with Crippen molar-refractivity contribution in [1.82, 2.24) is 9.97 Å². The van der Waals surface area contributed by atoms with E-state index >= 15 is 0 Å². The van der Waals surface area contributed by atoms with E-state index in [1.54, 1.807) is 0 Å². The molecule has 0 unspecified atom stereocenters. The van der Waals surface area contributed by atoms with Gasteiger partial charge >= 0.3 is 0 Å². The van der Waals surface area contributed by atoms with Crippen LogP contribution in [0.15, 0.2) is 35.5 Å². The van der Waals surface area contributed by atoms with Crippen molar-refractivity contribution in [1.29, 1.82) is 0 Å². The second kappa shape index (κ2) is 6.02. The van der Waals surface area contributed by atoms with Crippen LogP contribution in [-0.4, -0.2) is 25.5 Å². The molecule has 1 aromatic carbocycles. The van der Waals surface area contributed by atoms with Crippen molar-refractivity contribution in [2.45, 2.75) is 11.4 Å². The Morgan fingerprint density at radius 1 is 1.38 bits per heavy atom. The molecule has 112 valence electrons. The Hall–Kier alpha value is -2.26. The molecule has 21 heavy (non-hydrogen) atoms. The van der Waals surface area contributed by atoms with E-state index in [1.807, 2.05) is 0 Å². The summed E-state index contributed by atoms with van der Waals surface area (Å²) in [5.41, 5.74) is 0.270. The fourth-order valence-corrected chi connectivity index (χ4v) is 2.09. The molecule has 9 heteroatoms. The largest absolute Gasteiger partial charge is 0.480 e. The minimum absolute atomic E-state index is 0.110. The number of aromatic nitrogens is 2. The first kappa shape index (κ1) is 15.1. The van der Waals surface area contributed by atoms with Gasteiger partial charge in [-0.2, -0.15) is 4.98 Å². The van der Waals surface area contributed by atoms with Gasteiger partial charge in [0, 0.05) is 12.1 Å². The monoisotopic (exact) mass is 312 g/mol. The Morgan fingerprint density at radius 3 is 2.76 bits per heavy atom. The number of rotatable bonds is 5. The number of anilines is 1. The first-order valence-corrected chi connectivity index (χ1v) is 7.36. The van der Waals surface area contributed by atoms with Gasteiger partial charge in [0.2, 0.25) is 15.9 Å². The summed E-state index contributed by atoms with van der Waals surface area (Å²) in [6, 6.07) is 3.46. The minimum atomic E-state index is -3.92. The van der Waals surface area contributed by atoms with E-state index in [1.165, 1.54) is 31.6 Å². The average molecular weight is 312 g/mol. The van der Waals surface area contributed by atoms with Crippen molar-refractivity contribution in [2.24, 2.45) is 5.14 Å². The molecule has 3 N–H and O–H groups in total. The summed E-state index contributed by atoms with van der Waals surface area (Å²) in [5, 5.41) is 7.79. The third-order valence-electron chi connectivity index (χ3n) is 2.63. The fourth-order valence-electron chi connectivity index (χ4n) is 1.57. The van der Waals surface area contributed by atoms with Crippen LogP contribution in [0.25, 0.3) is 0 Å². The third-order valence-corrected chi connectivity index (χ3v) is 3.55. The Balaban J connectivity index is 2.13. The van der Waals surface area contributed by atoms with Gasteiger partial charge in [0.25, 0.3) is 0 Å². The van der Waals surface area contributed by atoms with Gasteiger partial charge in [0.05, 0.1) is 24.4 Å². The van der Waals surface area contributed by atoms with Gasteiger partial charge in [-0.25, -0.2) is 17.9 Å². The van der Waals surface area contributed by atoms with Gasteiger partial charge in [-0.3, -0.25) is 4.98 Å². The number of methoxy groups -OCH3 is 1. The molecule has 0 fully saturated rings. The number of nitrogens with one attached hydrogen (secondary N) is 1. The SMILES string of the molecule is COc1cncc(NCc2ccc(S(N)(=O)=O)cc2F)n1. The van der Waals surface area contributed by atoms with Gasteiger partial charge in [0.1, 0.15) is 11.6 Å². The van der Waals surface area contributed by atoms with Gasteiger partial charge in [-0.1, -0.05) is 6.07 Å². The summed E-state index contributed by atoms with van der Waals surface area (Å²) in [7, 11) is -2.46. The van der Waals surface area contributed by atoms with Crippen LogP contribution in [0.4, 0.5) is 10.2 Å². The molecule has 1 heterocycles. The molecule has 1 aromatic heterocycles.